The second kappa shape index (κ2) is 9.33. The highest BCUT2D eigenvalue weighted by atomic mass is 16.1. The van der Waals surface area contributed by atoms with E-state index < -0.39 is 0 Å². The van der Waals surface area contributed by atoms with Gasteiger partial charge in [-0.2, -0.15) is 5.26 Å². The molecule has 0 unspecified atom stereocenters. The number of nitrogens with one attached hydrogen (secondary N) is 2. The van der Waals surface area contributed by atoms with Crippen LogP contribution < -0.4 is 15.5 Å². The molecular formula is C22H22N6O. The number of carbonyl (C=O) groups excluding carboxylic acids is 1. The van der Waals surface area contributed by atoms with Crippen LogP contribution in [-0.4, -0.2) is 29.0 Å². The third-order valence-corrected chi connectivity index (χ3v) is 4.46. The van der Waals surface area contributed by atoms with Gasteiger partial charge in [0.05, 0.1) is 16.8 Å². The van der Waals surface area contributed by atoms with Crippen molar-refractivity contribution in [3.63, 3.8) is 0 Å². The molecule has 3 rings (SSSR count). The number of hydrogen-bond acceptors (Lipinski definition) is 6. The first-order chi connectivity index (χ1) is 14.1. The first-order valence-electron chi connectivity index (χ1n) is 9.39. The Labute approximate surface area is 170 Å². The standard InChI is InChI=1S/C22H22N6O/c1-3-28(4-2)19-11-9-18(10-12-19)26-22-24-14-17(15-25-22)21(29)27-20-8-6-5-7-16(20)13-23/h5-12,14-15H,3-4H2,1-2H3,(H,27,29)(H,24,25,26). The van der Waals surface area contributed by atoms with Crippen molar-refractivity contribution >= 4 is 28.9 Å². The Hall–Kier alpha value is -3.92. The van der Waals surface area contributed by atoms with Gasteiger partial charge in [0, 0.05) is 36.9 Å². The van der Waals surface area contributed by atoms with E-state index >= 15 is 0 Å². The van der Waals surface area contributed by atoms with E-state index in [0.717, 1.165) is 24.5 Å². The maximum absolute atomic E-state index is 12.4. The molecule has 0 aliphatic heterocycles. The van der Waals surface area contributed by atoms with Crippen LogP contribution in [0.25, 0.3) is 0 Å². The largest absolute Gasteiger partial charge is 0.372 e. The predicted octanol–water partition coefficient (Wildman–Crippen LogP) is 4.19. The lowest BCUT2D eigenvalue weighted by atomic mass is 10.2. The Kier molecular flexibility index (Phi) is 6.38. The van der Waals surface area contributed by atoms with Crippen molar-refractivity contribution in [3.05, 3.63) is 72.1 Å². The molecule has 0 saturated heterocycles. The number of nitriles is 1. The van der Waals surface area contributed by atoms with Crippen LogP contribution in [-0.2, 0) is 0 Å². The van der Waals surface area contributed by atoms with Gasteiger partial charge in [0.15, 0.2) is 0 Å². The fourth-order valence-corrected chi connectivity index (χ4v) is 2.87. The molecular weight excluding hydrogens is 364 g/mol. The first-order valence-corrected chi connectivity index (χ1v) is 9.39. The Balaban J connectivity index is 1.65. The summed E-state index contributed by atoms with van der Waals surface area (Å²) >= 11 is 0. The molecule has 7 nitrogen and oxygen atoms in total. The zero-order chi connectivity index (χ0) is 20.6. The second-order valence-electron chi connectivity index (χ2n) is 6.25. The van der Waals surface area contributed by atoms with Crippen LogP contribution in [0.2, 0.25) is 0 Å². The fraction of sp³-hybridized carbons (Fsp3) is 0.182. The summed E-state index contributed by atoms with van der Waals surface area (Å²) in [7, 11) is 0. The van der Waals surface area contributed by atoms with Crippen LogP contribution in [0.4, 0.5) is 23.0 Å². The molecule has 0 bridgehead atoms. The summed E-state index contributed by atoms with van der Waals surface area (Å²) < 4.78 is 0. The molecule has 0 fully saturated rings. The molecule has 2 N–H and O–H groups in total. The van der Waals surface area contributed by atoms with Crippen molar-refractivity contribution in [2.75, 3.05) is 28.6 Å². The molecule has 1 amide bonds. The highest BCUT2D eigenvalue weighted by molar-refractivity contribution is 6.04. The highest BCUT2D eigenvalue weighted by Gasteiger charge is 2.10. The third kappa shape index (κ3) is 4.87. The van der Waals surface area contributed by atoms with E-state index in [9.17, 15) is 4.79 Å². The topological polar surface area (TPSA) is 93.9 Å². The molecule has 29 heavy (non-hydrogen) atoms. The van der Waals surface area contributed by atoms with E-state index in [1.165, 1.54) is 12.4 Å². The van der Waals surface area contributed by atoms with E-state index in [-0.39, 0.29) is 5.91 Å². The van der Waals surface area contributed by atoms with Gasteiger partial charge in [-0.1, -0.05) is 12.1 Å². The van der Waals surface area contributed by atoms with Crippen molar-refractivity contribution in [3.8, 4) is 6.07 Å². The number of nitrogens with zero attached hydrogens (tertiary/aromatic N) is 4. The monoisotopic (exact) mass is 386 g/mol. The van der Waals surface area contributed by atoms with Crippen LogP contribution in [0, 0.1) is 11.3 Å². The maximum atomic E-state index is 12.4. The van der Waals surface area contributed by atoms with E-state index in [1.54, 1.807) is 24.3 Å². The summed E-state index contributed by atoms with van der Waals surface area (Å²) in [6.45, 7) is 6.16. The van der Waals surface area contributed by atoms with Gasteiger partial charge >= 0.3 is 0 Å². The van der Waals surface area contributed by atoms with Gasteiger partial charge in [0.25, 0.3) is 5.91 Å². The summed E-state index contributed by atoms with van der Waals surface area (Å²) in [5.41, 5.74) is 3.18. The van der Waals surface area contributed by atoms with Crippen LogP contribution in [0.5, 0.6) is 0 Å². The van der Waals surface area contributed by atoms with Crippen molar-refractivity contribution in [2.24, 2.45) is 0 Å². The van der Waals surface area contributed by atoms with Crippen LogP contribution >= 0.6 is 0 Å². The van der Waals surface area contributed by atoms with Crippen LogP contribution in [0.15, 0.2) is 60.9 Å². The average Bonchev–Trinajstić information content (AvgIpc) is 2.76. The van der Waals surface area contributed by atoms with Crippen molar-refractivity contribution in [2.45, 2.75) is 13.8 Å². The summed E-state index contributed by atoms with van der Waals surface area (Å²) in [6.07, 6.45) is 2.90. The molecule has 0 aliphatic rings. The van der Waals surface area contributed by atoms with Crippen molar-refractivity contribution in [1.82, 2.24) is 9.97 Å². The van der Waals surface area contributed by atoms with E-state index in [1.807, 2.05) is 30.3 Å². The lowest BCUT2D eigenvalue weighted by Gasteiger charge is -2.21. The molecule has 2 aromatic carbocycles. The van der Waals surface area contributed by atoms with Gasteiger partial charge in [-0.3, -0.25) is 4.79 Å². The van der Waals surface area contributed by atoms with Crippen molar-refractivity contribution in [1.29, 1.82) is 5.26 Å². The summed E-state index contributed by atoms with van der Waals surface area (Å²) in [5.74, 6) is 0.0254. The number of aromatic nitrogens is 2. The summed E-state index contributed by atoms with van der Waals surface area (Å²) in [4.78, 5) is 23.1. The first kappa shape index (κ1) is 19.8. The quantitative estimate of drug-likeness (QED) is 0.632. The molecule has 1 aromatic heterocycles. The highest BCUT2D eigenvalue weighted by Crippen LogP contribution is 2.20. The Bertz CT molecular complexity index is 1000. The Morgan fingerprint density at radius 3 is 2.31 bits per heavy atom. The van der Waals surface area contributed by atoms with Crippen molar-refractivity contribution < 1.29 is 4.79 Å². The van der Waals surface area contributed by atoms with Crippen LogP contribution in [0.3, 0.4) is 0 Å². The van der Waals surface area contributed by atoms with Gasteiger partial charge in [-0.15, -0.1) is 0 Å². The number of amides is 1. The molecule has 0 radical (unpaired) electrons. The average molecular weight is 386 g/mol. The number of carbonyl (C=O) groups is 1. The fourth-order valence-electron chi connectivity index (χ4n) is 2.87. The maximum Gasteiger partial charge on any atom is 0.258 e. The third-order valence-electron chi connectivity index (χ3n) is 4.46. The molecule has 146 valence electrons. The minimum Gasteiger partial charge on any atom is -0.372 e. The molecule has 0 spiro atoms. The zero-order valence-corrected chi connectivity index (χ0v) is 16.4. The van der Waals surface area contributed by atoms with Gasteiger partial charge in [-0.25, -0.2) is 9.97 Å². The minimum atomic E-state index is -0.372. The van der Waals surface area contributed by atoms with E-state index in [4.69, 9.17) is 5.26 Å². The van der Waals surface area contributed by atoms with Crippen LogP contribution in [0.1, 0.15) is 29.8 Å². The SMILES string of the molecule is CCN(CC)c1ccc(Nc2ncc(C(=O)Nc3ccccc3C#N)cn2)cc1. The number of hydrogen-bond donors (Lipinski definition) is 2. The molecule has 1 heterocycles. The molecule has 7 heteroatoms. The van der Waals surface area contributed by atoms with Gasteiger partial charge in [-0.05, 0) is 50.2 Å². The lowest BCUT2D eigenvalue weighted by molar-refractivity contribution is 0.102. The molecule has 0 aliphatic carbocycles. The number of benzene rings is 2. The Morgan fingerprint density at radius 1 is 1.03 bits per heavy atom. The molecule has 3 aromatic rings. The zero-order valence-electron chi connectivity index (χ0n) is 16.4. The second-order valence-corrected chi connectivity index (χ2v) is 6.25. The smallest absolute Gasteiger partial charge is 0.258 e. The lowest BCUT2D eigenvalue weighted by Crippen LogP contribution is -2.21. The normalized spacial score (nSPS) is 10.1. The predicted molar refractivity (Wildman–Crippen MR) is 114 cm³/mol. The molecule has 0 saturated carbocycles. The number of anilines is 4. The van der Waals surface area contributed by atoms with Gasteiger partial charge < -0.3 is 15.5 Å². The number of rotatable bonds is 7. The van der Waals surface area contributed by atoms with E-state index in [2.05, 4.69) is 39.3 Å². The number of para-hydroxylation sites is 1. The summed E-state index contributed by atoms with van der Waals surface area (Å²) in [5, 5.41) is 15.0. The summed E-state index contributed by atoms with van der Waals surface area (Å²) in [6, 6.07) is 16.9. The molecule has 0 atom stereocenters. The van der Waals surface area contributed by atoms with Gasteiger partial charge in [0.1, 0.15) is 6.07 Å². The minimum absolute atomic E-state index is 0.306. The van der Waals surface area contributed by atoms with Gasteiger partial charge in [0.2, 0.25) is 5.95 Å². The van der Waals surface area contributed by atoms with E-state index in [0.29, 0.717) is 22.8 Å². The Morgan fingerprint density at radius 2 is 1.69 bits per heavy atom.